The number of hydrogen-bond donors (Lipinski definition) is 1. The highest BCUT2D eigenvalue weighted by Crippen LogP contribution is 2.46. The number of nitrogen functional groups attached to an aromatic ring is 1. The van der Waals surface area contributed by atoms with Gasteiger partial charge in [0.1, 0.15) is 53.7 Å². The lowest BCUT2D eigenvalue weighted by molar-refractivity contribution is 0.107. The van der Waals surface area contributed by atoms with Crippen molar-refractivity contribution >= 4 is 65.0 Å². The van der Waals surface area contributed by atoms with E-state index in [-0.39, 0.29) is 92.3 Å². The molecule has 2 aromatic carbocycles. The van der Waals surface area contributed by atoms with Gasteiger partial charge in [0.15, 0.2) is 5.82 Å². The minimum Gasteiger partial charge on any atom is -0.461 e. The van der Waals surface area contributed by atoms with E-state index in [1.165, 1.54) is 16.4 Å². The number of ether oxygens (including phenoxy) is 1. The molecule has 0 spiro atoms. The van der Waals surface area contributed by atoms with Crippen LogP contribution in [0.3, 0.4) is 0 Å². The lowest BCUT2D eigenvalue weighted by atomic mass is 9.95. The highest BCUT2D eigenvalue weighted by atomic mass is 35.5. The van der Waals surface area contributed by atoms with Crippen LogP contribution in [0.2, 0.25) is 5.02 Å². The van der Waals surface area contributed by atoms with Gasteiger partial charge in [-0.05, 0) is 37.1 Å². The van der Waals surface area contributed by atoms with Crippen LogP contribution in [-0.2, 0) is 10.2 Å². The van der Waals surface area contributed by atoms with Gasteiger partial charge in [0.25, 0.3) is 0 Å². The molecule has 3 saturated heterocycles. The van der Waals surface area contributed by atoms with Gasteiger partial charge in [-0.2, -0.15) is 28.0 Å². The summed E-state index contributed by atoms with van der Waals surface area (Å²) >= 11 is 7.68. The first-order valence-corrected chi connectivity index (χ1v) is 18.3. The Hall–Kier alpha value is -4.28. The fourth-order valence-corrected chi connectivity index (χ4v) is 9.87. The number of thiophene rings is 1. The van der Waals surface area contributed by atoms with Gasteiger partial charge in [-0.1, -0.05) is 17.7 Å². The zero-order valence-corrected chi connectivity index (χ0v) is 28.6. The number of nitrogens with zero attached hydrogens (tertiary/aromatic N) is 9. The Labute approximate surface area is 292 Å². The number of hydrogen-bond acceptors (Lipinski definition) is 12. The van der Waals surface area contributed by atoms with Crippen LogP contribution in [0, 0.1) is 23.0 Å². The molecule has 8 rings (SSSR count). The van der Waals surface area contributed by atoms with Crippen LogP contribution in [0.15, 0.2) is 30.9 Å². The molecule has 260 valence electrons. The van der Waals surface area contributed by atoms with Crippen molar-refractivity contribution < 1.29 is 26.3 Å². The molecule has 0 unspecified atom stereocenters. The molecule has 2 atom stereocenters. The molecule has 3 aromatic heterocycles. The molecule has 3 aliphatic heterocycles. The average molecular weight is 745 g/mol. The van der Waals surface area contributed by atoms with Crippen LogP contribution in [-0.4, -0.2) is 99.3 Å². The lowest BCUT2D eigenvalue weighted by Gasteiger charge is -2.35. The number of aromatic nitrogens is 5. The molecule has 0 saturated carbocycles. The smallest absolute Gasteiger partial charge is 0.324 e. The molecule has 19 heteroatoms. The Balaban J connectivity index is 1.23. The zero-order chi connectivity index (χ0) is 34.9. The number of alkyl halides is 1. The Morgan fingerprint density at radius 2 is 1.98 bits per heavy atom. The number of nitrogens with two attached hydrogens (primary N) is 1. The van der Waals surface area contributed by atoms with Crippen LogP contribution >= 0.6 is 22.9 Å². The van der Waals surface area contributed by atoms with Crippen molar-refractivity contribution in [1.29, 1.82) is 5.26 Å². The number of halogens is 4. The van der Waals surface area contributed by atoms with Crippen molar-refractivity contribution in [2.45, 2.75) is 31.0 Å². The number of benzene rings is 2. The Bertz CT molecular complexity index is 2310. The fraction of sp³-hybridized carbons (Fsp3) is 0.387. The molecule has 0 aliphatic carbocycles. The molecule has 50 heavy (non-hydrogen) atoms. The average Bonchev–Trinajstić information content (AvgIpc) is 3.89. The number of piperazine rings is 1. The van der Waals surface area contributed by atoms with Gasteiger partial charge in [-0.25, -0.2) is 18.2 Å². The molecule has 5 aromatic rings. The second kappa shape index (κ2) is 12.2. The molecular formula is C31H28ClF3N10O3S2. The third kappa shape index (κ3) is 5.21. The van der Waals surface area contributed by atoms with Crippen LogP contribution in [0.25, 0.3) is 32.1 Å². The predicted molar refractivity (Wildman–Crippen MR) is 181 cm³/mol. The van der Waals surface area contributed by atoms with E-state index in [0.29, 0.717) is 13.0 Å². The second-order valence-electron chi connectivity index (χ2n) is 12.6. The summed E-state index contributed by atoms with van der Waals surface area (Å²) in [6.45, 7) is 1.59. The van der Waals surface area contributed by atoms with Crippen molar-refractivity contribution in [3.63, 3.8) is 0 Å². The van der Waals surface area contributed by atoms with E-state index in [1.54, 1.807) is 4.90 Å². The summed E-state index contributed by atoms with van der Waals surface area (Å²) in [4.78, 5) is 16.8. The molecular weight excluding hydrogens is 717 g/mol. The van der Waals surface area contributed by atoms with Gasteiger partial charge in [-0.15, -0.1) is 20.5 Å². The Morgan fingerprint density at radius 1 is 1.18 bits per heavy atom. The minimum absolute atomic E-state index is 0.00397. The van der Waals surface area contributed by atoms with Gasteiger partial charge < -0.3 is 15.4 Å². The first-order chi connectivity index (χ1) is 24.0. The SMILES string of the molecule is N#Cc1c(N)sc2c(F)ccc(-c3c(Cl)cc4c(N5CCN(S(=O)(=O)n6cncn6)CC5)nc(OC[C@@]56CCCN5C[C@H](F)C6)nc4c3F)c12. The molecule has 3 fully saturated rings. The van der Waals surface area contributed by atoms with Gasteiger partial charge in [0, 0.05) is 55.5 Å². The molecule has 6 heterocycles. The van der Waals surface area contributed by atoms with Crippen LogP contribution in [0.4, 0.5) is 24.0 Å². The van der Waals surface area contributed by atoms with Crippen LogP contribution in [0.1, 0.15) is 24.8 Å². The largest absolute Gasteiger partial charge is 0.461 e. The number of anilines is 2. The third-order valence-corrected chi connectivity index (χ3v) is 12.8. The number of fused-ring (bicyclic) bond motifs is 3. The van der Waals surface area contributed by atoms with E-state index >= 15 is 4.39 Å². The second-order valence-corrected chi connectivity index (χ2v) is 15.8. The van der Waals surface area contributed by atoms with Crippen molar-refractivity contribution in [2.24, 2.45) is 0 Å². The molecule has 0 bridgehead atoms. The molecule has 3 aliphatic rings. The van der Waals surface area contributed by atoms with Crippen molar-refractivity contribution in [3.05, 3.63) is 53.1 Å². The summed E-state index contributed by atoms with van der Waals surface area (Å²) < 4.78 is 80.8. The molecule has 2 N–H and O–H groups in total. The normalized spacial score (nSPS) is 21.7. The molecule has 0 radical (unpaired) electrons. The fourth-order valence-electron chi connectivity index (χ4n) is 7.43. The maximum Gasteiger partial charge on any atom is 0.324 e. The van der Waals surface area contributed by atoms with Crippen molar-refractivity contribution in [1.82, 2.24) is 33.3 Å². The van der Waals surface area contributed by atoms with Gasteiger partial charge in [-0.3, -0.25) is 4.90 Å². The quantitative estimate of drug-likeness (QED) is 0.252. The van der Waals surface area contributed by atoms with Crippen molar-refractivity contribution in [3.8, 4) is 23.2 Å². The molecule has 0 amide bonds. The summed E-state index contributed by atoms with van der Waals surface area (Å²) in [5, 5.41) is 14.0. The minimum atomic E-state index is -3.96. The summed E-state index contributed by atoms with van der Waals surface area (Å²) in [6, 6.07) is 5.84. The highest BCUT2D eigenvalue weighted by molar-refractivity contribution is 7.87. The van der Waals surface area contributed by atoms with Gasteiger partial charge >= 0.3 is 16.2 Å². The number of rotatable bonds is 7. The first-order valence-electron chi connectivity index (χ1n) is 15.7. The summed E-state index contributed by atoms with van der Waals surface area (Å²) in [6.07, 6.45) is 3.17. The first kappa shape index (κ1) is 32.9. The Kier molecular flexibility index (Phi) is 8.02. The van der Waals surface area contributed by atoms with E-state index in [2.05, 4.69) is 25.0 Å². The summed E-state index contributed by atoms with van der Waals surface area (Å²) in [5.74, 6) is -1.22. The maximum absolute atomic E-state index is 17.0. The van der Waals surface area contributed by atoms with Gasteiger partial charge in [0.2, 0.25) is 0 Å². The predicted octanol–water partition coefficient (Wildman–Crippen LogP) is 4.36. The standard InChI is InChI=1S/C31H28ClF3N10O3S2/c32-21-10-19-26(25(35)24(21)18-2-3-22(34)27-23(18)20(12-36)28(37)49-27)40-30(48-14-31-4-1-5-43(31)13-17(33)11-31)41-29(19)42-6-8-44(9-7-42)50(46,47)45-16-38-15-39-45/h2-3,10,15-17H,1,4-9,11,13-14,37H2/t17-,31+/m1/s1. The topological polar surface area (TPSA) is 159 Å². The van der Waals surface area contributed by atoms with E-state index < -0.39 is 33.6 Å². The highest BCUT2D eigenvalue weighted by Gasteiger charge is 2.49. The van der Waals surface area contributed by atoms with E-state index in [1.807, 2.05) is 6.07 Å². The number of nitriles is 1. The maximum atomic E-state index is 17.0. The lowest BCUT2D eigenvalue weighted by Crippen LogP contribution is -2.50. The molecule has 13 nitrogen and oxygen atoms in total. The zero-order valence-electron chi connectivity index (χ0n) is 26.2. The summed E-state index contributed by atoms with van der Waals surface area (Å²) in [5.41, 5.74) is 5.40. The van der Waals surface area contributed by atoms with E-state index in [0.717, 1.165) is 53.5 Å². The Morgan fingerprint density at radius 3 is 2.72 bits per heavy atom. The van der Waals surface area contributed by atoms with Crippen LogP contribution < -0.4 is 15.4 Å². The van der Waals surface area contributed by atoms with E-state index in [4.69, 9.17) is 22.1 Å². The third-order valence-electron chi connectivity index (χ3n) is 9.77. The summed E-state index contributed by atoms with van der Waals surface area (Å²) in [7, 11) is -3.96. The van der Waals surface area contributed by atoms with E-state index in [9.17, 15) is 22.5 Å². The van der Waals surface area contributed by atoms with Crippen molar-refractivity contribution in [2.75, 3.05) is 56.5 Å². The van der Waals surface area contributed by atoms with Crippen LogP contribution in [0.5, 0.6) is 6.01 Å². The van der Waals surface area contributed by atoms with Gasteiger partial charge in [0.05, 0.1) is 20.8 Å². The monoisotopic (exact) mass is 744 g/mol.